The molecule has 5 N–H and O–H groups in total. The van der Waals surface area contributed by atoms with Gasteiger partial charge in [-0.2, -0.15) is 28.2 Å². The molecule has 0 bridgehead atoms. The third-order valence-corrected chi connectivity index (χ3v) is 6.42. The average Bonchev–Trinajstić information content (AvgIpc) is 3.31. The Balaban J connectivity index is 2.10. The second-order valence-electron chi connectivity index (χ2n) is 10.3. The van der Waals surface area contributed by atoms with Crippen molar-refractivity contribution in [2.75, 3.05) is 18.5 Å². The number of ether oxygens (including phenoxy) is 1. The lowest BCUT2D eigenvalue weighted by atomic mass is 9.83. The Kier molecular flexibility index (Phi) is 8.72. The Morgan fingerprint density at radius 3 is 2.44 bits per heavy atom. The Bertz CT molecular complexity index is 1480. The molecule has 41 heavy (non-hydrogen) atoms. The molecule has 0 aliphatic carbocycles. The second kappa shape index (κ2) is 11.5. The van der Waals surface area contributed by atoms with E-state index in [1.165, 1.54) is 43.1 Å². The standard InChI is InChI=1S/C25H28F4N8O4/c1-23(2,25(27,28)29)18(12-41-22(31)39)36-16-6-19(37-20-14(9-35-37)5-13(7-30)8-33-20)32-10-15(16)21(38)34-11-17(26)24(3,4)40/h5-6,8-10,17-18,40H,11-12H2,1-4H3,(H2,31,39)(H,32,36)(H,34,38)/t17?,18-/m0/s1. The number of nitrogens with one attached hydrogen (secondary N) is 2. The highest BCUT2D eigenvalue weighted by molar-refractivity contribution is 5.99. The summed E-state index contributed by atoms with van der Waals surface area (Å²) in [5.41, 5.74) is 0.749. The van der Waals surface area contributed by atoms with E-state index in [1.54, 1.807) is 0 Å². The fourth-order valence-electron chi connectivity index (χ4n) is 3.52. The molecule has 0 aliphatic heterocycles. The summed E-state index contributed by atoms with van der Waals surface area (Å²) in [7, 11) is 0. The van der Waals surface area contributed by atoms with Gasteiger partial charge in [-0.3, -0.25) is 4.79 Å². The first-order valence-electron chi connectivity index (χ1n) is 12.1. The van der Waals surface area contributed by atoms with E-state index < -0.39 is 54.6 Å². The van der Waals surface area contributed by atoms with Gasteiger partial charge in [0, 0.05) is 23.8 Å². The molecule has 0 radical (unpaired) electrons. The van der Waals surface area contributed by atoms with Crippen molar-refractivity contribution in [1.82, 2.24) is 25.1 Å². The highest BCUT2D eigenvalue weighted by Gasteiger charge is 2.53. The highest BCUT2D eigenvalue weighted by Crippen LogP contribution is 2.42. The molecule has 16 heteroatoms. The van der Waals surface area contributed by atoms with E-state index >= 15 is 0 Å². The average molecular weight is 581 g/mol. The van der Waals surface area contributed by atoms with E-state index in [0.29, 0.717) is 5.39 Å². The number of carbonyl (C=O) groups is 2. The number of primary amides is 1. The van der Waals surface area contributed by atoms with Gasteiger partial charge in [-0.05, 0) is 33.8 Å². The largest absolute Gasteiger partial charge is 0.447 e. The van der Waals surface area contributed by atoms with Crippen LogP contribution in [0.5, 0.6) is 0 Å². The molecule has 3 aromatic heterocycles. The first-order valence-corrected chi connectivity index (χ1v) is 12.1. The van der Waals surface area contributed by atoms with Crippen LogP contribution in [-0.2, 0) is 4.74 Å². The minimum Gasteiger partial charge on any atom is -0.447 e. The molecular formula is C25H28F4N8O4. The van der Waals surface area contributed by atoms with E-state index in [4.69, 9.17) is 11.0 Å². The van der Waals surface area contributed by atoms with Gasteiger partial charge in [0.15, 0.2) is 11.5 Å². The zero-order chi connectivity index (χ0) is 30.8. The maximum absolute atomic E-state index is 14.3. The molecule has 0 aliphatic rings. The number of nitriles is 1. The molecule has 2 atom stereocenters. The van der Waals surface area contributed by atoms with Gasteiger partial charge in [0.25, 0.3) is 5.91 Å². The SMILES string of the molecule is CC(C)(O)C(F)CNC(=O)c1cnc(-n2ncc3cc(C#N)cnc32)cc1N[C@@H](COC(N)=O)C(C)(C)C(F)(F)F. The van der Waals surface area contributed by atoms with Gasteiger partial charge >= 0.3 is 12.3 Å². The van der Waals surface area contributed by atoms with Gasteiger partial charge in [-0.25, -0.2) is 19.2 Å². The predicted molar refractivity (Wildman–Crippen MR) is 138 cm³/mol. The number of anilines is 1. The van der Waals surface area contributed by atoms with Crippen molar-refractivity contribution in [2.24, 2.45) is 11.1 Å². The summed E-state index contributed by atoms with van der Waals surface area (Å²) in [6, 6.07) is 3.02. The predicted octanol–water partition coefficient (Wildman–Crippen LogP) is 2.99. The van der Waals surface area contributed by atoms with Crippen LogP contribution in [0.1, 0.15) is 43.6 Å². The molecule has 0 saturated carbocycles. The summed E-state index contributed by atoms with van der Waals surface area (Å²) in [4.78, 5) is 32.6. The van der Waals surface area contributed by atoms with Crippen LogP contribution < -0.4 is 16.4 Å². The fraction of sp³-hybridized carbons (Fsp3) is 0.440. The number of aromatic nitrogens is 4. The zero-order valence-electron chi connectivity index (χ0n) is 22.5. The summed E-state index contributed by atoms with van der Waals surface area (Å²) < 4.78 is 62.3. The van der Waals surface area contributed by atoms with Gasteiger partial charge in [0.1, 0.15) is 18.8 Å². The number of halogens is 4. The lowest BCUT2D eigenvalue weighted by molar-refractivity contribution is -0.218. The number of carbonyl (C=O) groups excluding carboxylic acids is 2. The van der Waals surface area contributed by atoms with Crippen LogP contribution in [0.15, 0.2) is 30.7 Å². The van der Waals surface area contributed by atoms with Crippen molar-refractivity contribution in [3.63, 3.8) is 0 Å². The smallest absolute Gasteiger partial charge is 0.404 e. The van der Waals surface area contributed by atoms with Gasteiger partial charge in [0.2, 0.25) is 0 Å². The Morgan fingerprint density at radius 1 is 1.17 bits per heavy atom. The minimum absolute atomic E-state index is 0.0236. The number of amides is 2. The van der Waals surface area contributed by atoms with Gasteiger partial charge < -0.3 is 26.2 Å². The van der Waals surface area contributed by atoms with Crippen LogP contribution in [0.2, 0.25) is 0 Å². The van der Waals surface area contributed by atoms with E-state index in [0.717, 1.165) is 20.0 Å². The number of fused-ring (bicyclic) bond motifs is 1. The number of pyridine rings is 2. The van der Waals surface area contributed by atoms with Crippen molar-refractivity contribution in [1.29, 1.82) is 5.26 Å². The topological polar surface area (TPSA) is 181 Å². The number of hydrogen-bond donors (Lipinski definition) is 4. The maximum atomic E-state index is 14.3. The van der Waals surface area contributed by atoms with E-state index in [2.05, 4.69) is 30.4 Å². The van der Waals surface area contributed by atoms with Crippen molar-refractivity contribution >= 4 is 28.7 Å². The van der Waals surface area contributed by atoms with Crippen molar-refractivity contribution < 1.29 is 37.0 Å². The molecule has 0 saturated heterocycles. The van der Waals surface area contributed by atoms with Crippen molar-refractivity contribution in [3.05, 3.63) is 41.9 Å². The summed E-state index contributed by atoms with van der Waals surface area (Å²) in [5, 5.41) is 28.5. The molecule has 2 amide bonds. The number of hydrogen-bond acceptors (Lipinski definition) is 9. The Hall–Kier alpha value is -4.52. The first kappa shape index (κ1) is 31.0. The minimum atomic E-state index is -4.79. The Morgan fingerprint density at radius 2 is 1.85 bits per heavy atom. The lowest BCUT2D eigenvalue weighted by Crippen LogP contribution is -2.50. The molecule has 1 unspecified atom stereocenters. The summed E-state index contributed by atoms with van der Waals surface area (Å²) in [6.45, 7) is 2.71. The molecule has 3 rings (SSSR count). The summed E-state index contributed by atoms with van der Waals surface area (Å²) >= 11 is 0. The third-order valence-electron chi connectivity index (χ3n) is 6.42. The molecule has 220 valence electrons. The quantitative estimate of drug-likeness (QED) is 0.262. The molecule has 0 spiro atoms. The second-order valence-corrected chi connectivity index (χ2v) is 10.3. The zero-order valence-corrected chi connectivity index (χ0v) is 22.5. The monoisotopic (exact) mass is 580 g/mol. The summed E-state index contributed by atoms with van der Waals surface area (Å²) in [6.07, 6.45) is -4.24. The van der Waals surface area contributed by atoms with Crippen LogP contribution in [-0.4, -0.2) is 74.0 Å². The molecule has 0 aromatic carbocycles. The lowest BCUT2D eigenvalue weighted by Gasteiger charge is -2.37. The number of aliphatic hydroxyl groups is 1. The first-order chi connectivity index (χ1) is 19.0. The van der Waals surface area contributed by atoms with Gasteiger partial charge in [0.05, 0.1) is 46.6 Å². The normalized spacial score (nSPS) is 13.8. The number of nitrogens with zero attached hydrogens (tertiary/aromatic N) is 5. The van der Waals surface area contributed by atoms with Crippen molar-refractivity contribution in [2.45, 2.75) is 51.7 Å². The molecular weight excluding hydrogens is 552 g/mol. The third kappa shape index (κ3) is 6.98. The van der Waals surface area contributed by atoms with E-state index in [1.807, 2.05) is 6.07 Å². The Labute approximate surface area is 231 Å². The number of nitrogens with two attached hydrogens (primary N) is 1. The van der Waals surface area contributed by atoms with Crippen LogP contribution in [0, 0.1) is 16.7 Å². The number of rotatable bonds is 10. The van der Waals surface area contributed by atoms with Crippen LogP contribution in [0.25, 0.3) is 16.9 Å². The molecule has 12 nitrogen and oxygen atoms in total. The van der Waals surface area contributed by atoms with E-state index in [-0.39, 0.29) is 28.3 Å². The van der Waals surface area contributed by atoms with Gasteiger partial charge in [-0.1, -0.05) is 0 Å². The van der Waals surface area contributed by atoms with Crippen LogP contribution in [0.3, 0.4) is 0 Å². The van der Waals surface area contributed by atoms with Crippen molar-refractivity contribution in [3.8, 4) is 11.9 Å². The highest BCUT2D eigenvalue weighted by atomic mass is 19.4. The van der Waals surface area contributed by atoms with Gasteiger partial charge in [-0.15, -0.1) is 0 Å². The van der Waals surface area contributed by atoms with Crippen LogP contribution in [0.4, 0.5) is 28.0 Å². The molecule has 0 fully saturated rings. The summed E-state index contributed by atoms with van der Waals surface area (Å²) in [5.74, 6) is -0.893. The van der Waals surface area contributed by atoms with Crippen LogP contribution >= 0.6 is 0 Å². The van der Waals surface area contributed by atoms with E-state index in [9.17, 15) is 32.3 Å². The number of alkyl halides is 4. The molecule has 3 heterocycles. The fourth-order valence-corrected chi connectivity index (χ4v) is 3.52. The molecule has 3 aromatic rings. The maximum Gasteiger partial charge on any atom is 0.404 e.